The molecule has 2 rings (SSSR count). The summed E-state index contributed by atoms with van der Waals surface area (Å²) in [4.78, 5) is 12.1. The Hall–Kier alpha value is -2.75. The first kappa shape index (κ1) is 18.6. The lowest BCUT2D eigenvalue weighted by atomic mass is 9.86. The molecule has 0 atom stereocenters. The number of ether oxygens (including phenoxy) is 2. The summed E-state index contributed by atoms with van der Waals surface area (Å²) in [5, 5.41) is 2.81. The Morgan fingerprint density at radius 3 is 2.40 bits per heavy atom. The Morgan fingerprint density at radius 1 is 1.08 bits per heavy atom. The third-order valence-corrected chi connectivity index (χ3v) is 3.56. The van der Waals surface area contributed by atoms with Gasteiger partial charge in [0.1, 0.15) is 18.1 Å². The summed E-state index contributed by atoms with van der Waals surface area (Å²) >= 11 is 0. The van der Waals surface area contributed by atoms with E-state index < -0.39 is 0 Å². The lowest BCUT2D eigenvalue weighted by Gasteiger charge is -2.22. The van der Waals surface area contributed by atoms with Gasteiger partial charge in [-0.1, -0.05) is 51.6 Å². The molecule has 0 aliphatic heterocycles. The number of hydrogen-bond donors (Lipinski definition) is 1. The largest absolute Gasteiger partial charge is 0.490 e. The molecule has 2 aromatic carbocycles. The molecular formula is C21H25NO3. The molecule has 0 spiro atoms. The average molecular weight is 339 g/mol. The van der Waals surface area contributed by atoms with E-state index in [2.05, 4.69) is 32.7 Å². The van der Waals surface area contributed by atoms with E-state index in [1.54, 1.807) is 30.3 Å². The van der Waals surface area contributed by atoms with Crippen LogP contribution in [0.15, 0.2) is 61.2 Å². The molecule has 0 fully saturated rings. The highest BCUT2D eigenvalue weighted by molar-refractivity contribution is 5.91. The predicted molar refractivity (Wildman–Crippen MR) is 101 cm³/mol. The van der Waals surface area contributed by atoms with Crippen LogP contribution in [0.4, 0.5) is 5.69 Å². The molecule has 0 unspecified atom stereocenters. The smallest absolute Gasteiger partial charge is 0.262 e. The van der Waals surface area contributed by atoms with Crippen molar-refractivity contribution < 1.29 is 14.3 Å². The van der Waals surface area contributed by atoms with Crippen molar-refractivity contribution in [3.8, 4) is 11.5 Å². The number of carbonyl (C=O) groups excluding carboxylic acids is 1. The predicted octanol–water partition coefficient (Wildman–Crippen LogP) is 4.57. The van der Waals surface area contributed by atoms with Gasteiger partial charge >= 0.3 is 0 Å². The highest BCUT2D eigenvalue weighted by Crippen LogP contribution is 2.30. The first-order chi connectivity index (χ1) is 11.9. The topological polar surface area (TPSA) is 47.6 Å². The van der Waals surface area contributed by atoms with E-state index in [-0.39, 0.29) is 17.9 Å². The molecule has 2 aromatic rings. The van der Waals surface area contributed by atoms with Crippen LogP contribution >= 0.6 is 0 Å². The fourth-order valence-corrected chi connectivity index (χ4v) is 2.34. The van der Waals surface area contributed by atoms with Gasteiger partial charge in [0.25, 0.3) is 5.91 Å². The van der Waals surface area contributed by atoms with Gasteiger partial charge in [-0.3, -0.25) is 4.79 Å². The van der Waals surface area contributed by atoms with Crippen molar-refractivity contribution in [2.24, 2.45) is 0 Å². The third kappa shape index (κ3) is 5.68. The molecular weight excluding hydrogens is 314 g/mol. The summed E-state index contributed by atoms with van der Waals surface area (Å²) in [6, 6.07) is 15.0. The lowest BCUT2D eigenvalue weighted by Crippen LogP contribution is -2.21. The molecule has 1 amide bonds. The normalized spacial score (nSPS) is 10.8. The van der Waals surface area contributed by atoms with Crippen LogP contribution in [0.25, 0.3) is 0 Å². The molecule has 0 aliphatic carbocycles. The zero-order chi connectivity index (χ0) is 18.3. The van der Waals surface area contributed by atoms with Crippen molar-refractivity contribution in [2.45, 2.75) is 26.2 Å². The number of hydrogen-bond acceptors (Lipinski definition) is 3. The van der Waals surface area contributed by atoms with E-state index in [9.17, 15) is 4.79 Å². The molecule has 4 nitrogen and oxygen atoms in total. The summed E-state index contributed by atoms with van der Waals surface area (Å²) in [5.41, 5.74) is 1.73. The van der Waals surface area contributed by atoms with E-state index in [4.69, 9.17) is 9.47 Å². The average Bonchev–Trinajstić information content (AvgIpc) is 2.59. The maximum Gasteiger partial charge on any atom is 0.262 e. The minimum absolute atomic E-state index is 0.0399. The minimum Gasteiger partial charge on any atom is -0.490 e. The van der Waals surface area contributed by atoms with Gasteiger partial charge in [-0.15, -0.1) is 0 Å². The maximum absolute atomic E-state index is 12.1. The lowest BCUT2D eigenvalue weighted by molar-refractivity contribution is -0.118. The number of carbonyl (C=O) groups is 1. The van der Waals surface area contributed by atoms with Gasteiger partial charge in [0.2, 0.25) is 0 Å². The highest BCUT2D eigenvalue weighted by atomic mass is 16.5. The zero-order valence-electron chi connectivity index (χ0n) is 15.0. The van der Waals surface area contributed by atoms with Crippen LogP contribution in [0.2, 0.25) is 0 Å². The summed E-state index contributed by atoms with van der Waals surface area (Å²) < 4.78 is 11.1. The first-order valence-electron chi connectivity index (χ1n) is 8.26. The van der Waals surface area contributed by atoms with Gasteiger partial charge in [0.15, 0.2) is 6.61 Å². The second-order valence-corrected chi connectivity index (χ2v) is 6.71. The molecule has 132 valence electrons. The standard InChI is InChI=1S/C21H25NO3/c1-5-14-24-17-12-10-16(11-13-17)22-20(23)15-25-19-9-7-6-8-18(19)21(2,3)4/h5-13H,1,14-15H2,2-4H3,(H,22,23). The van der Waals surface area contributed by atoms with Crippen molar-refractivity contribution in [1.29, 1.82) is 0 Å². The summed E-state index contributed by atoms with van der Waals surface area (Å²) in [5.74, 6) is 1.26. The van der Waals surface area contributed by atoms with E-state index in [1.807, 2.05) is 24.3 Å². The molecule has 0 aliphatic rings. The van der Waals surface area contributed by atoms with E-state index in [1.165, 1.54) is 0 Å². The SMILES string of the molecule is C=CCOc1ccc(NC(=O)COc2ccccc2C(C)(C)C)cc1. The van der Waals surface area contributed by atoms with Crippen molar-refractivity contribution >= 4 is 11.6 Å². The number of para-hydroxylation sites is 1. The number of amides is 1. The van der Waals surface area contributed by atoms with Crippen LogP contribution in [0, 0.1) is 0 Å². The van der Waals surface area contributed by atoms with Gasteiger partial charge in [0, 0.05) is 5.69 Å². The number of benzene rings is 2. The summed E-state index contributed by atoms with van der Waals surface area (Å²) in [7, 11) is 0. The van der Waals surface area contributed by atoms with Gasteiger partial charge < -0.3 is 14.8 Å². The number of rotatable bonds is 7. The quantitative estimate of drug-likeness (QED) is 0.752. The third-order valence-electron chi connectivity index (χ3n) is 3.56. The summed E-state index contributed by atoms with van der Waals surface area (Å²) in [6.07, 6.45) is 1.68. The Kier molecular flexibility index (Phi) is 6.23. The van der Waals surface area contributed by atoms with Crippen LogP contribution in [0.1, 0.15) is 26.3 Å². The zero-order valence-corrected chi connectivity index (χ0v) is 15.0. The van der Waals surface area contributed by atoms with Gasteiger partial charge in [0.05, 0.1) is 0 Å². The second-order valence-electron chi connectivity index (χ2n) is 6.71. The minimum atomic E-state index is -0.205. The Labute approximate surface area is 149 Å². The Morgan fingerprint density at radius 2 is 1.76 bits per heavy atom. The molecule has 0 bridgehead atoms. The molecule has 0 saturated heterocycles. The van der Waals surface area contributed by atoms with Crippen molar-refractivity contribution in [3.63, 3.8) is 0 Å². The van der Waals surface area contributed by atoms with E-state index in [0.29, 0.717) is 12.3 Å². The molecule has 0 heterocycles. The molecule has 0 saturated carbocycles. The second kappa shape index (κ2) is 8.38. The molecule has 25 heavy (non-hydrogen) atoms. The monoisotopic (exact) mass is 339 g/mol. The fourth-order valence-electron chi connectivity index (χ4n) is 2.34. The van der Waals surface area contributed by atoms with Crippen molar-refractivity contribution in [2.75, 3.05) is 18.5 Å². The van der Waals surface area contributed by atoms with Crippen LogP contribution in [0.3, 0.4) is 0 Å². The van der Waals surface area contributed by atoms with Crippen molar-refractivity contribution in [3.05, 3.63) is 66.7 Å². The van der Waals surface area contributed by atoms with E-state index >= 15 is 0 Å². The van der Waals surface area contributed by atoms with Gasteiger partial charge in [-0.2, -0.15) is 0 Å². The van der Waals surface area contributed by atoms with Crippen LogP contribution in [-0.4, -0.2) is 19.1 Å². The van der Waals surface area contributed by atoms with Crippen molar-refractivity contribution in [1.82, 2.24) is 0 Å². The molecule has 0 radical (unpaired) electrons. The number of nitrogens with one attached hydrogen (secondary N) is 1. The van der Waals surface area contributed by atoms with Gasteiger partial charge in [-0.05, 0) is 41.3 Å². The fraction of sp³-hybridized carbons (Fsp3) is 0.286. The van der Waals surface area contributed by atoms with Crippen LogP contribution in [-0.2, 0) is 10.2 Å². The maximum atomic E-state index is 12.1. The van der Waals surface area contributed by atoms with Gasteiger partial charge in [-0.25, -0.2) is 0 Å². The van der Waals surface area contributed by atoms with Crippen LogP contribution < -0.4 is 14.8 Å². The number of anilines is 1. The van der Waals surface area contributed by atoms with E-state index in [0.717, 1.165) is 17.1 Å². The first-order valence-corrected chi connectivity index (χ1v) is 8.26. The van der Waals surface area contributed by atoms with Crippen LogP contribution in [0.5, 0.6) is 11.5 Å². The Balaban J connectivity index is 1.92. The summed E-state index contributed by atoms with van der Waals surface area (Å²) in [6.45, 7) is 10.4. The molecule has 4 heteroatoms. The Bertz CT molecular complexity index is 715. The molecule has 1 N–H and O–H groups in total. The highest BCUT2D eigenvalue weighted by Gasteiger charge is 2.18. The molecule has 0 aromatic heterocycles.